The van der Waals surface area contributed by atoms with Gasteiger partial charge in [-0.05, 0) is 35.1 Å². The molecule has 1 radical (unpaired) electrons. The molecule has 0 unspecified atom stereocenters. The van der Waals surface area contributed by atoms with Crippen molar-refractivity contribution in [3.63, 3.8) is 0 Å². The molecule has 0 aliphatic heterocycles. The summed E-state index contributed by atoms with van der Waals surface area (Å²) in [6.07, 6.45) is 3.90. The molecular formula is C32H28IrN2OSi-2. The molecule has 3 aromatic heterocycles. The molecule has 6 aromatic rings. The normalized spacial score (nSPS) is 11.0. The van der Waals surface area contributed by atoms with Crippen LogP contribution in [0.3, 0.4) is 0 Å². The van der Waals surface area contributed by atoms with Gasteiger partial charge in [-0.3, -0.25) is 0 Å². The zero-order valence-corrected chi connectivity index (χ0v) is 24.8. The smallest absolute Gasteiger partial charge is 0.138 e. The van der Waals surface area contributed by atoms with Crippen LogP contribution in [0.15, 0.2) is 102 Å². The molecule has 0 N–H and O–H groups in total. The molecule has 0 amide bonds. The van der Waals surface area contributed by atoms with Gasteiger partial charge in [0, 0.05) is 43.3 Å². The Bertz CT molecular complexity index is 1610. The standard InChI is InChI=1S/C18H12NO.C14H16NSi.Ir/c1-12-6-5-9-14-15-11-19-16(10-17(15)20-18(12)14)13-7-3-2-4-8-13;1-16(2,3)13-9-10-14(15-11-13)12-7-5-4-6-8-12;/h2-7,9-11H,1H3;4-7,9-11H,1-3H3;/q2*-1;. The molecule has 5 heteroatoms. The topological polar surface area (TPSA) is 38.9 Å². The van der Waals surface area contributed by atoms with E-state index >= 15 is 0 Å². The second-order valence-electron chi connectivity index (χ2n) is 9.85. The van der Waals surface area contributed by atoms with Gasteiger partial charge in [0.2, 0.25) is 0 Å². The first-order valence-corrected chi connectivity index (χ1v) is 15.6. The minimum Gasteiger partial charge on any atom is -0.456 e. The van der Waals surface area contributed by atoms with Gasteiger partial charge in [-0.25, -0.2) is 0 Å². The fourth-order valence-corrected chi connectivity index (χ4v) is 5.12. The van der Waals surface area contributed by atoms with E-state index in [1.54, 1.807) is 0 Å². The molecule has 0 saturated heterocycles. The maximum Gasteiger partial charge on any atom is 0.138 e. The van der Waals surface area contributed by atoms with Crippen LogP contribution in [-0.2, 0) is 20.1 Å². The van der Waals surface area contributed by atoms with Crippen LogP contribution in [0.1, 0.15) is 5.56 Å². The van der Waals surface area contributed by atoms with Gasteiger partial charge >= 0.3 is 0 Å². The Balaban J connectivity index is 0.000000173. The number of nitrogens with zero attached hydrogens (tertiary/aromatic N) is 2. The molecule has 0 aliphatic carbocycles. The van der Waals surface area contributed by atoms with Gasteiger partial charge in [0.05, 0.1) is 8.07 Å². The number of fused-ring (bicyclic) bond motifs is 3. The first kappa shape index (κ1) is 26.7. The van der Waals surface area contributed by atoms with Crippen molar-refractivity contribution in [2.24, 2.45) is 0 Å². The number of rotatable bonds is 3. The Labute approximate surface area is 233 Å². The van der Waals surface area contributed by atoms with Crippen molar-refractivity contribution < 1.29 is 24.5 Å². The molecule has 3 heterocycles. The molecule has 0 aliphatic rings. The molecule has 0 spiro atoms. The minimum absolute atomic E-state index is 0. The quantitative estimate of drug-likeness (QED) is 0.142. The Hall–Kier alpha value is -3.37. The molecule has 6 rings (SSSR count). The van der Waals surface area contributed by atoms with Crippen molar-refractivity contribution in [2.75, 3.05) is 0 Å². The molecule has 0 fully saturated rings. The van der Waals surface area contributed by atoms with Gasteiger partial charge < -0.3 is 14.4 Å². The fraction of sp³-hybridized carbons (Fsp3) is 0.125. The molecular weight excluding hydrogens is 649 g/mol. The first-order valence-electron chi connectivity index (χ1n) is 12.1. The second kappa shape index (κ2) is 11.3. The van der Waals surface area contributed by atoms with Gasteiger partial charge in [0.25, 0.3) is 0 Å². The first-order chi connectivity index (χ1) is 17.4. The van der Waals surface area contributed by atoms with E-state index in [2.05, 4.69) is 72.9 Å². The van der Waals surface area contributed by atoms with Crippen molar-refractivity contribution in [3.05, 3.63) is 115 Å². The van der Waals surface area contributed by atoms with Crippen LogP contribution >= 0.6 is 0 Å². The zero-order valence-electron chi connectivity index (χ0n) is 21.4. The van der Waals surface area contributed by atoms with Gasteiger partial charge in [-0.2, -0.15) is 0 Å². The van der Waals surface area contributed by atoms with Crippen molar-refractivity contribution in [1.82, 2.24) is 9.97 Å². The monoisotopic (exact) mass is 677 g/mol. The largest absolute Gasteiger partial charge is 0.456 e. The Morgan fingerprint density at radius 3 is 1.97 bits per heavy atom. The van der Waals surface area contributed by atoms with E-state index in [1.807, 2.05) is 73.1 Å². The molecule has 0 bridgehead atoms. The van der Waals surface area contributed by atoms with Crippen molar-refractivity contribution in [1.29, 1.82) is 0 Å². The SMILES string of the molecule is C[Si](C)(C)c1ccc(-c2[c-]cccc2)nc1.Cc1cccc2c1oc1cc(-c3[c-]cccc3)ncc12.[Ir]. The second-order valence-corrected chi connectivity index (χ2v) is 14.9. The zero-order chi connectivity index (χ0) is 25.1. The third-order valence-electron chi connectivity index (χ3n) is 6.18. The van der Waals surface area contributed by atoms with E-state index in [9.17, 15) is 0 Å². The van der Waals surface area contributed by atoms with E-state index in [4.69, 9.17) is 4.42 Å². The molecule has 37 heavy (non-hydrogen) atoms. The van der Waals surface area contributed by atoms with Crippen LogP contribution in [0, 0.1) is 19.1 Å². The van der Waals surface area contributed by atoms with Gasteiger partial charge in [-0.15, -0.1) is 71.8 Å². The predicted molar refractivity (Wildman–Crippen MR) is 152 cm³/mol. The Morgan fingerprint density at radius 2 is 1.38 bits per heavy atom. The Kier molecular flexibility index (Phi) is 8.18. The summed E-state index contributed by atoms with van der Waals surface area (Å²) in [6.45, 7) is 9.05. The summed E-state index contributed by atoms with van der Waals surface area (Å²) in [5.74, 6) is 0. The summed E-state index contributed by atoms with van der Waals surface area (Å²) in [7, 11) is -1.23. The van der Waals surface area contributed by atoms with E-state index in [0.29, 0.717) is 0 Å². The van der Waals surface area contributed by atoms with Crippen LogP contribution in [0.4, 0.5) is 0 Å². The summed E-state index contributed by atoms with van der Waals surface area (Å²) < 4.78 is 5.99. The van der Waals surface area contributed by atoms with Crippen molar-refractivity contribution >= 4 is 35.2 Å². The third-order valence-corrected chi connectivity index (χ3v) is 8.21. The summed E-state index contributed by atoms with van der Waals surface area (Å²) >= 11 is 0. The van der Waals surface area contributed by atoms with E-state index in [-0.39, 0.29) is 20.1 Å². The minimum atomic E-state index is -1.23. The summed E-state index contributed by atoms with van der Waals surface area (Å²) in [6, 6.07) is 34.6. The Morgan fingerprint density at radius 1 is 0.703 bits per heavy atom. The number of aryl methyl sites for hydroxylation is 1. The number of furan rings is 1. The number of hydrogen-bond donors (Lipinski definition) is 0. The van der Waals surface area contributed by atoms with Crippen molar-refractivity contribution in [2.45, 2.75) is 26.6 Å². The maximum atomic E-state index is 5.99. The number of hydrogen-bond acceptors (Lipinski definition) is 3. The van der Waals surface area contributed by atoms with Gasteiger partial charge in [0.1, 0.15) is 11.2 Å². The molecule has 3 aromatic carbocycles. The van der Waals surface area contributed by atoms with Crippen LogP contribution in [0.5, 0.6) is 0 Å². The maximum absolute atomic E-state index is 5.99. The molecule has 0 saturated carbocycles. The fourth-order valence-electron chi connectivity index (χ4n) is 4.08. The number of benzene rings is 3. The summed E-state index contributed by atoms with van der Waals surface area (Å²) in [4.78, 5) is 9.06. The van der Waals surface area contributed by atoms with Gasteiger partial charge in [-0.1, -0.05) is 50.0 Å². The van der Waals surface area contributed by atoms with Crippen LogP contribution in [-0.4, -0.2) is 18.0 Å². The van der Waals surface area contributed by atoms with E-state index < -0.39 is 8.07 Å². The number of pyridine rings is 2. The number of para-hydroxylation sites is 1. The van der Waals surface area contributed by atoms with Crippen molar-refractivity contribution in [3.8, 4) is 22.5 Å². The molecule has 187 valence electrons. The van der Waals surface area contributed by atoms with E-state index in [0.717, 1.165) is 50.0 Å². The van der Waals surface area contributed by atoms with Crippen LogP contribution in [0.2, 0.25) is 19.6 Å². The summed E-state index contributed by atoms with van der Waals surface area (Å²) in [5.41, 5.74) is 6.88. The van der Waals surface area contributed by atoms with Crippen LogP contribution in [0.25, 0.3) is 44.5 Å². The third kappa shape index (κ3) is 5.96. The number of aromatic nitrogens is 2. The predicted octanol–water partition coefficient (Wildman–Crippen LogP) is 7.85. The van der Waals surface area contributed by atoms with Gasteiger partial charge in [0.15, 0.2) is 0 Å². The van der Waals surface area contributed by atoms with E-state index in [1.165, 1.54) is 5.19 Å². The summed E-state index contributed by atoms with van der Waals surface area (Å²) in [5, 5.41) is 3.58. The molecule has 3 nitrogen and oxygen atoms in total. The average Bonchev–Trinajstić information content (AvgIpc) is 3.29. The molecule has 0 atom stereocenters. The van der Waals surface area contributed by atoms with Crippen LogP contribution < -0.4 is 5.19 Å². The average molecular weight is 677 g/mol.